The predicted molar refractivity (Wildman–Crippen MR) is 99.4 cm³/mol. The minimum absolute atomic E-state index is 0.0211. The fourth-order valence-electron chi connectivity index (χ4n) is 2.42. The van der Waals surface area contributed by atoms with E-state index in [2.05, 4.69) is 20.9 Å². The smallest absolute Gasteiger partial charge is 0.321 e. The van der Waals surface area contributed by atoms with Crippen LogP contribution in [0.1, 0.15) is 13.8 Å². The van der Waals surface area contributed by atoms with Crippen molar-refractivity contribution in [3.8, 4) is 0 Å². The van der Waals surface area contributed by atoms with E-state index in [0.717, 1.165) is 24.5 Å². The van der Waals surface area contributed by atoms with E-state index in [1.807, 2.05) is 26.0 Å². The Morgan fingerprint density at radius 1 is 1.28 bits per heavy atom. The fraction of sp³-hybridized carbons (Fsp3) is 0.529. The maximum Gasteiger partial charge on any atom is 0.321 e. The van der Waals surface area contributed by atoms with Crippen molar-refractivity contribution in [2.45, 2.75) is 13.8 Å². The molecule has 7 nitrogen and oxygen atoms in total. The van der Waals surface area contributed by atoms with E-state index in [4.69, 9.17) is 16.3 Å². The van der Waals surface area contributed by atoms with Gasteiger partial charge in [0.2, 0.25) is 5.91 Å². The first-order valence-electron chi connectivity index (χ1n) is 8.39. The van der Waals surface area contributed by atoms with Gasteiger partial charge in [-0.2, -0.15) is 0 Å². The molecule has 0 saturated carbocycles. The van der Waals surface area contributed by atoms with Crippen LogP contribution < -0.4 is 20.9 Å². The monoisotopic (exact) mass is 368 g/mol. The molecular weight excluding hydrogens is 344 g/mol. The number of morpholine rings is 1. The van der Waals surface area contributed by atoms with Crippen molar-refractivity contribution in [1.29, 1.82) is 0 Å². The summed E-state index contributed by atoms with van der Waals surface area (Å²) in [6.45, 7) is 7.35. The Hall–Kier alpha value is -1.99. The molecular formula is C17H25ClN4O3. The average Bonchev–Trinajstić information content (AvgIpc) is 2.59. The Bertz CT molecular complexity index is 604. The number of ether oxygens (including phenoxy) is 1. The highest BCUT2D eigenvalue weighted by Crippen LogP contribution is 2.29. The van der Waals surface area contributed by atoms with Gasteiger partial charge in [0.15, 0.2) is 0 Å². The van der Waals surface area contributed by atoms with Crippen molar-refractivity contribution >= 4 is 34.9 Å². The fourth-order valence-corrected chi connectivity index (χ4v) is 2.59. The number of hydrogen-bond acceptors (Lipinski definition) is 5. The van der Waals surface area contributed by atoms with Crippen LogP contribution >= 0.6 is 11.6 Å². The second-order valence-corrected chi connectivity index (χ2v) is 6.70. The lowest BCUT2D eigenvalue weighted by Gasteiger charge is -2.30. The zero-order chi connectivity index (χ0) is 18.2. The standard InChI is InChI=1S/C17H25ClN4O3/c1-12(2)10-20-17(24)21-16(23)11-19-14-9-13(18)3-4-15(14)22-5-7-25-8-6-22/h3-4,9,12,19H,5-8,10-11H2,1-2H3,(H2,20,21,23,24). The van der Waals surface area contributed by atoms with Gasteiger partial charge in [-0.15, -0.1) is 0 Å². The molecule has 0 unspecified atom stereocenters. The third-order valence-corrected chi connectivity index (χ3v) is 3.91. The third kappa shape index (κ3) is 6.43. The maximum absolute atomic E-state index is 11.9. The molecule has 0 atom stereocenters. The summed E-state index contributed by atoms with van der Waals surface area (Å²) in [4.78, 5) is 25.7. The third-order valence-electron chi connectivity index (χ3n) is 3.67. The lowest BCUT2D eigenvalue weighted by atomic mass is 10.2. The van der Waals surface area contributed by atoms with Crippen LogP contribution in [0.25, 0.3) is 0 Å². The molecule has 1 fully saturated rings. The second kappa shape index (κ2) is 9.48. The van der Waals surface area contributed by atoms with Crippen LogP contribution in [0.4, 0.5) is 16.2 Å². The largest absolute Gasteiger partial charge is 0.378 e. The van der Waals surface area contributed by atoms with Crippen LogP contribution in [0.15, 0.2) is 18.2 Å². The number of anilines is 2. The summed E-state index contributed by atoms with van der Waals surface area (Å²) in [6, 6.07) is 5.03. The van der Waals surface area contributed by atoms with E-state index in [9.17, 15) is 9.59 Å². The highest BCUT2D eigenvalue weighted by molar-refractivity contribution is 6.31. The molecule has 0 bridgehead atoms. The zero-order valence-corrected chi connectivity index (χ0v) is 15.4. The SMILES string of the molecule is CC(C)CNC(=O)NC(=O)CNc1cc(Cl)ccc1N1CCOCC1. The Labute approximate surface area is 153 Å². The van der Waals surface area contributed by atoms with Gasteiger partial charge in [-0.25, -0.2) is 4.79 Å². The van der Waals surface area contributed by atoms with Crippen LogP contribution in [0.2, 0.25) is 5.02 Å². The molecule has 0 radical (unpaired) electrons. The normalized spacial score (nSPS) is 14.3. The van der Waals surface area contributed by atoms with Gasteiger partial charge in [0.05, 0.1) is 31.1 Å². The van der Waals surface area contributed by atoms with Crippen molar-refractivity contribution in [2.24, 2.45) is 5.92 Å². The van der Waals surface area contributed by atoms with Crippen LogP contribution in [0.3, 0.4) is 0 Å². The van der Waals surface area contributed by atoms with Gasteiger partial charge in [0.25, 0.3) is 0 Å². The van der Waals surface area contributed by atoms with E-state index < -0.39 is 11.9 Å². The number of hydrogen-bond donors (Lipinski definition) is 3. The highest BCUT2D eigenvalue weighted by Gasteiger charge is 2.16. The highest BCUT2D eigenvalue weighted by atomic mass is 35.5. The Balaban J connectivity index is 1.91. The molecule has 8 heteroatoms. The Morgan fingerprint density at radius 3 is 2.68 bits per heavy atom. The van der Waals surface area contributed by atoms with Crippen molar-refractivity contribution in [3.05, 3.63) is 23.2 Å². The predicted octanol–water partition coefficient (Wildman–Crippen LogP) is 2.07. The minimum Gasteiger partial charge on any atom is -0.378 e. The molecule has 138 valence electrons. The number of urea groups is 1. The molecule has 25 heavy (non-hydrogen) atoms. The number of carbonyl (C=O) groups excluding carboxylic acids is 2. The van der Waals surface area contributed by atoms with Gasteiger partial charge in [-0.3, -0.25) is 10.1 Å². The second-order valence-electron chi connectivity index (χ2n) is 6.27. The number of imide groups is 1. The van der Waals surface area contributed by atoms with E-state index >= 15 is 0 Å². The van der Waals surface area contributed by atoms with Crippen molar-refractivity contribution < 1.29 is 14.3 Å². The minimum atomic E-state index is -0.486. The van der Waals surface area contributed by atoms with Crippen LogP contribution in [0.5, 0.6) is 0 Å². The molecule has 1 saturated heterocycles. The Morgan fingerprint density at radius 2 is 2.00 bits per heavy atom. The summed E-state index contributed by atoms with van der Waals surface area (Å²) in [5.74, 6) is -0.0873. The molecule has 0 spiro atoms. The molecule has 1 heterocycles. The number of carbonyl (C=O) groups is 2. The van der Waals surface area contributed by atoms with Gasteiger partial charge in [0, 0.05) is 24.7 Å². The Kier molecular flexibility index (Phi) is 7.33. The molecule has 1 aromatic carbocycles. The quantitative estimate of drug-likeness (QED) is 0.716. The van der Waals surface area contributed by atoms with Gasteiger partial charge >= 0.3 is 6.03 Å². The molecule has 0 aromatic heterocycles. The summed E-state index contributed by atoms with van der Waals surface area (Å²) in [5, 5.41) is 8.58. The maximum atomic E-state index is 11.9. The number of halogens is 1. The first kappa shape index (κ1) is 19.3. The summed E-state index contributed by atoms with van der Waals surface area (Å²) < 4.78 is 5.37. The summed E-state index contributed by atoms with van der Waals surface area (Å²) >= 11 is 6.08. The number of nitrogens with zero attached hydrogens (tertiary/aromatic N) is 1. The number of benzene rings is 1. The summed E-state index contributed by atoms with van der Waals surface area (Å²) in [7, 11) is 0. The lowest BCUT2D eigenvalue weighted by Crippen LogP contribution is -2.43. The topological polar surface area (TPSA) is 82.7 Å². The molecule has 1 aliphatic heterocycles. The zero-order valence-electron chi connectivity index (χ0n) is 14.6. The summed E-state index contributed by atoms with van der Waals surface area (Å²) in [5.41, 5.74) is 1.72. The van der Waals surface area contributed by atoms with Gasteiger partial charge in [0.1, 0.15) is 0 Å². The first-order chi connectivity index (χ1) is 12.0. The van der Waals surface area contributed by atoms with E-state index in [1.54, 1.807) is 6.07 Å². The van der Waals surface area contributed by atoms with Gasteiger partial charge in [-0.05, 0) is 24.1 Å². The van der Waals surface area contributed by atoms with Crippen molar-refractivity contribution in [3.63, 3.8) is 0 Å². The molecule has 3 N–H and O–H groups in total. The lowest BCUT2D eigenvalue weighted by molar-refractivity contribution is -0.118. The molecule has 0 aliphatic carbocycles. The van der Waals surface area contributed by atoms with Crippen LogP contribution in [-0.4, -0.2) is 51.3 Å². The average molecular weight is 369 g/mol. The van der Waals surface area contributed by atoms with Crippen molar-refractivity contribution in [1.82, 2.24) is 10.6 Å². The molecule has 1 aliphatic rings. The van der Waals surface area contributed by atoms with Gasteiger partial charge in [-0.1, -0.05) is 25.4 Å². The number of rotatable bonds is 6. The van der Waals surface area contributed by atoms with Gasteiger partial charge < -0.3 is 20.3 Å². The van der Waals surface area contributed by atoms with E-state index in [-0.39, 0.29) is 6.54 Å². The molecule has 3 amide bonds. The number of amides is 3. The number of nitrogens with one attached hydrogen (secondary N) is 3. The summed E-state index contributed by atoms with van der Waals surface area (Å²) in [6.07, 6.45) is 0. The van der Waals surface area contributed by atoms with Crippen molar-refractivity contribution in [2.75, 3.05) is 49.6 Å². The molecule has 2 rings (SSSR count). The van der Waals surface area contributed by atoms with Crippen LogP contribution in [0, 0.1) is 5.92 Å². The van der Waals surface area contributed by atoms with E-state index in [0.29, 0.717) is 30.7 Å². The first-order valence-corrected chi connectivity index (χ1v) is 8.77. The van der Waals surface area contributed by atoms with E-state index in [1.165, 1.54) is 0 Å². The van der Waals surface area contributed by atoms with Crippen LogP contribution in [-0.2, 0) is 9.53 Å². The molecule has 1 aromatic rings.